The van der Waals surface area contributed by atoms with E-state index in [-0.39, 0.29) is 23.0 Å². The maximum Gasteiger partial charge on any atom is 0.344 e. The topological polar surface area (TPSA) is 76.7 Å². The van der Waals surface area contributed by atoms with E-state index < -0.39 is 6.43 Å². The number of aromatic amines is 1. The molecule has 20 heavy (non-hydrogen) atoms. The minimum atomic E-state index is -2.62. The number of nitrogens with one attached hydrogen (secondary N) is 1. The number of nitrogen functional groups attached to an aromatic ring is 1. The highest BCUT2D eigenvalue weighted by Gasteiger charge is 2.29. The SMILES string of the molecule is Nc1ccc(Sc2n[nH]c(=O)n2C2CC2)c(C(F)F)c1. The van der Waals surface area contributed by atoms with Crippen LogP contribution in [-0.2, 0) is 0 Å². The zero-order chi connectivity index (χ0) is 14.3. The smallest absolute Gasteiger partial charge is 0.344 e. The van der Waals surface area contributed by atoms with E-state index in [1.165, 1.54) is 16.7 Å². The zero-order valence-electron chi connectivity index (χ0n) is 10.3. The van der Waals surface area contributed by atoms with E-state index in [1.54, 1.807) is 6.07 Å². The molecular weight excluding hydrogens is 286 g/mol. The lowest BCUT2D eigenvalue weighted by Crippen LogP contribution is -2.16. The molecule has 0 amide bonds. The highest BCUT2D eigenvalue weighted by molar-refractivity contribution is 7.99. The van der Waals surface area contributed by atoms with Crippen molar-refractivity contribution in [3.8, 4) is 0 Å². The fraction of sp³-hybridized carbons (Fsp3) is 0.333. The van der Waals surface area contributed by atoms with Crippen LogP contribution in [0.4, 0.5) is 14.5 Å². The van der Waals surface area contributed by atoms with Crippen LogP contribution in [-0.4, -0.2) is 14.8 Å². The first-order chi connectivity index (χ1) is 9.56. The summed E-state index contributed by atoms with van der Waals surface area (Å²) in [6.07, 6.45) is -0.798. The van der Waals surface area contributed by atoms with Gasteiger partial charge in [0, 0.05) is 22.2 Å². The van der Waals surface area contributed by atoms with Gasteiger partial charge in [-0.2, -0.15) is 0 Å². The minimum Gasteiger partial charge on any atom is -0.399 e. The molecule has 1 fully saturated rings. The maximum absolute atomic E-state index is 13.0. The average Bonchev–Trinajstić information content (AvgIpc) is 3.17. The van der Waals surface area contributed by atoms with Crippen LogP contribution in [0.15, 0.2) is 33.0 Å². The Morgan fingerprint density at radius 2 is 2.20 bits per heavy atom. The first kappa shape index (κ1) is 13.2. The molecule has 0 saturated heterocycles. The summed E-state index contributed by atoms with van der Waals surface area (Å²) in [6, 6.07) is 4.46. The molecule has 0 radical (unpaired) electrons. The van der Waals surface area contributed by atoms with Crippen molar-refractivity contribution >= 4 is 17.4 Å². The predicted molar refractivity (Wildman–Crippen MR) is 71.1 cm³/mol. The molecule has 1 saturated carbocycles. The highest BCUT2D eigenvalue weighted by atomic mass is 32.2. The van der Waals surface area contributed by atoms with Gasteiger partial charge >= 0.3 is 5.69 Å². The highest BCUT2D eigenvalue weighted by Crippen LogP contribution is 2.40. The zero-order valence-corrected chi connectivity index (χ0v) is 11.2. The Labute approximate surface area is 117 Å². The fourth-order valence-electron chi connectivity index (χ4n) is 1.95. The van der Waals surface area contributed by atoms with Crippen molar-refractivity contribution < 1.29 is 8.78 Å². The number of alkyl halides is 2. The third-order valence-corrected chi connectivity index (χ3v) is 4.12. The second-order valence-electron chi connectivity index (χ2n) is 4.61. The number of halogens is 2. The summed E-state index contributed by atoms with van der Waals surface area (Å²) in [4.78, 5) is 12.0. The van der Waals surface area contributed by atoms with Crippen LogP contribution < -0.4 is 11.4 Å². The molecule has 3 N–H and O–H groups in total. The van der Waals surface area contributed by atoms with Crippen LogP contribution in [0.5, 0.6) is 0 Å². The Morgan fingerprint density at radius 1 is 1.45 bits per heavy atom. The molecule has 0 unspecified atom stereocenters. The van der Waals surface area contributed by atoms with Crippen LogP contribution in [0.2, 0.25) is 0 Å². The third-order valence-electron chi connectivity index (χ3n) is 3.05. The first-order valence-corrected chi connectivity index (χ1v) is 6.90. The molecule has 1 aromatic carbocycles. The van der Waals surface area contributed by atoms with Gasteiger partial charge in [0.15, 0.2) is 5.16 Å². The Bertz CT molecular complexity index is 693. The average molecular weight is 298 g/mol. The molecule has 0 bridgehead atoms. The van der Waals surface area contributed by atoms with Gasteiger partial charge in [0.05, 0.1) is 0 Å². The molecule has 0 spiro atoms. The number of H-pyrrole nitrogens is 1. The summed E-state index contributed by atoms with van der Waals surface area (Å²) in [5, 5.41) is 6.68. The van der Waals surface area contributed by atoms with E-state index in [0.29, 0.717) is 10.1 Å². The van der Waals surface area contributed by atoms with Gasteiger partial charge in [-0.05, 0) is 42.8 Å². The standard InChI is InChI=1S/C12H12F2N4OS/c13-10(14)8-5-6(15)1-4-9(8)20-12-17-16-11(19)18(12)7-2-3-7/h1,4-5,7,10H,2-3,15H2,(H,16,19). The number of aromatic nitrogens is 3. The van der Waals surface area contributed by atoms with E-state index in [4.69, 9.17) is 5.73 Å². The van der Waals surface area contributed by atoms with E-state index in [1.807, 2.05) is 0 Å². The molecule has 2 aromatic rings. The molecule has 5 nitrogen and oxygen atoms in total. The van der Waals surface area contributed by atoms with Crippen LogP contribution in [0.3, 0.4) is 0 Å². The maximum atomic E-state index is 13.0. The summed E-state index contributed by atoms with van der Waals surface area (Å²) in [7, 11) is 0. The molecule has 8 heteroatoms. The van der Waals surface area contributed by atoms with Crippen molar-refractivity contribution in [1.82, 2.24) is 14.8 Å². The Morgan fingerprint density at radius 3 is 2.85 bits per heavy atom. The van der Waals surface area contributed by atoms with Crippen LogP contribution in [0.25, 0.3) is 0 Å². The number of rotatable bonds is 4. The molecule has 0 aliphatic heterocycles. The molecule has 1 heterocycles. The molecule has 3 rings (SSSR count). The largest absolute Gasteiger partial charge is 0.399 e. The van der Waals surface area contributed by atoms with Crippen molar-refractivity contribution in [1.29, 1.82) is 0 Å². The van der Waals surface area contributed by atoms with Crippen molar-refractivity contribution in [3.63, 3.8) is 0 Å². The number of nitrogens with two attached hydrogens (primary N) is 1. The first-order valence-electron chi connectivity index (χ1n) is 6.08. The van der Waals surface area contributed by atoms with E-state index in [9.17, 15) is 13.6 Å². The van der Waals surface area contributed by atoms with Crippen molar-refractivity contribution in [2.24, 2.45) is 0 Å². The van der Waals surface area contributed by atoms with Gasteiger partial charge in [0.25, 0.3) is 6.43 Å². The lowest BCUT2D eigenvalue weighted by atomic mass is 10.2. The molecular formula is C12H12F2N4OS. The van der Waals surface area contributed by atoms with Gasteiger partial charge in [0.1, 0.15) is 0 Å². The second kappa shape index (κ2) is 4.93. The molecule has 1 aliphatic carbocycles. The number of nitrogens with zero attached hydrogens (tertiary/aromatic N) is 2. The van der Waals surface area contributed by atoms with Gasteiger partial charge in [-0.25, -0.2) is 18.7 Å². The monoisotopic (exact) mass is 298 g/mol. The predicted octanol–water partition coefficient (Wildman–Crippen LogP) is 2.58. The quantitative estimate of drug-likeness (QED) is 0.851. The number of hydrogen-bond acceptors (Lipinski definition) is 4. The lowest BCUT2D eigenvalue weighted by molar-refractivity contribution is 0.148. The molecule has 106 valence electrons. The van der Waals surface area contributed by atoms with Gasteiger partial charge < -0.3 is 5.73 Å². The Balaban J connectivity index is 1.97. The minimum absolute atomic E-state index is 0.132. The second-order valence-corrected chi connectivity index (χ2v) is 5.62. The van der Waals surface area contributed by atoms with E-state index in [2.05, 4.69) is 10.2 Å². The van der Waals surface area contributed by atoms with Gasteiger partial charge in [-0.3, -0.25) is 4.57 Å². The van der Waals surface area contributed by atoms with Crippen molar-refractivity contribution in [2.45, 2.75) is 35.4 Å². The van der Waals surface area contributed by atoms with Crippen LogP contribution in [0, 0.1) is 0 Å². The van der Waals surface area contributed by atoms with Gasteiger partial charge in [0.2, 0.25) is 0 Å². The van der Waals surface area contributed by atoms with Gasteiger partial charge in [-0.1, -0.05) is 0 Å². The van der Waals surface area contributed by atoms with Crippen LogP contribution >= 0.6 is 11.8 Å². The normalized spacial score (nSPS) is 14.9. The molecule has 1 aromatic heterocycles. The van der Waals surface area contributed by atoms with Crippen LogP contribution in [0.1, 0.15) is 30.9 Å². The summed E-state index contributed by atoms with van der Waals surface area (Å²) in [5.41, 5.74) is 5.37. The third kappa shape index (κ3) is 2.43. The number of hydrogen-bond donors (Lipinski definition) is 2. The lowest BCUT2D eigenvalue weighted by Gasteiger charge is -2.09. The fourth-order valence-corrected chi connectivity index (χ4v) is 2.97. The Hall–Kier alpha value is -1.83. The van der Waals surface area contributed by atoms with E-state index >= 15 is 0 Å². The Kier molecular flexibility index (Phi) is 3.25. The van der Waals surface area contributed by atoms with Crippen molar-refractivity contribution in [3.05, 3.63) is 34.2 Å². The molecule has 1 aliphatic rings. The summed E-state index contributed by atoms with van der Waals surface area (Å²) in [5.74, 6) is 0. The van der Waals surface area contributed by atoms with Gasteiger partial charge in [-0.15, -0.1) is 5.10 Å². The number of anilines is 1. The molecule has 0 atom stereocenters. The summed E-state index contributed by atoms with van der Waals surface area (Å²) >= 11 is 1.05. The van der Waals surface area contributed by atoms with E-state index in [0.717, 1.165) is 24.6 Å². The summed E-state index contributed by atoms with van der Waals surface area (Å²) < 4.78 is 27.6. The van der Waals surface area contributed by atoms with Crippen molar-refractivity contribution in [2.75, 3.05) is 5.73 Å². The number of benzene rings is 1. The summed E-state index contributed by atoms with van der Waals surface area (Å²) in [6.45, 7) is 0.